The number of halogens is 1. The van der Waals surface area contributed by atoms with Crippen LogP contribution in [0.25, 0.3) is 16.3 Å². The molecule has 0 N–H and O–H groups in total. The van der Waals surface area contributed by atoms with Crippen molar-refractivity contribution in [3.8, 4) is 11.5 Å². The van der Waals surface area contributed by atoms with E-state index in [4.69, 9.17) is 21.1 Å². The smallest absolute Gasteiger partial charge is 0.272 e. The van der Waals surface area contributed by atoms with Gasteiger partial charge in [-0.1, -0.05) is 41.1 Å². The Balaban J connectivity index is 2.08. The van der Waals surface area contributed by atoms with Gasteiger partial charge in [0.2, 0.25) is 0 Å². The van der Waals surface area contributed by atoms with Gasteiger partial charge in [0.05, 0.1) is 14.2 Å². The molecule has 1 amide bonds. The molecular weight excluding hydrogens is 384 g/mol. The second kappa shape index (κ2) is 8.41. The summed E-state index contributed by atoms with van der Waals surface area (Å²) in [4.78, 5) is 17.2. The van der Waals surface area contributed by atoms with E-state index in [-0.39, 0.29) is 5.91 Å². The first-order valence-corrected chi connectivity index (χ1v) is 9.54. The summed E-state index contributed by atoms with van der Waals surface area (Å²) in [5.41, 5.74) is 1.64. The second-order valence-electron chi connectivity index (χ2n) is 5.58. The summed E-state index contributed by atoms with van der Waals surface area (Å²) >= 11 is 7.51. The number of carbonyl (C=O) groups is 1. The Morgan fingerprint density at radius 3 is 2.56 bits per heavy atom. The Bertz CT molecular complexity index is 1080. The van der Waals surface area contributed by atoms with Gasteiger partial charge in [-0.25, -0.2) is 0 Å². The lowest BCUT2D eigenvalue weighted by atomic mass is 10.2. The van der Waals surface area contributed by atoms with Gasteiger partial charge in [0, 0.05) is 17.6 Å². The van der Waals surface area contributed by atoms with Crippen LogP contribution >= 0.6 is 22.9 Å². The number of methoxy groups -OCH3 is 2. The number of thiazole rings is 1. The lowest BCUT2D eigenvalue weighted by Crippen LogP contribution is -2.15. The minimum absolute atomic E-state index is 0.360. The molecule has 0 aliphatic rings. The van der Waals surface area contributed by atoms with Crippen LogP contribution in [0.4, 0.5) is 0 Å². The van der Waals surface area contributed by atoms with Crippen molar-refractivity contribution in [2.45, 2.75) is 13.5 Å². The normalized spacial score (nSPS) is 12.1. The molecular formula is C20H19ClN2O3S. The maximum atomic E-state index is 12.4. The molecule has 0 unspecified atom stereocenters. The number of carbonyl (C=O) groups excluding carboxylic acids is 1. The van der Waals surface area contributed by atoms with Crippen LogP contribution in [0.5, 0.6) is 11.5 Å². The molecule has 7 heteroatoms. The molecule has 0 saturated heterocycles. The highest BCUT2D eigenvalue weighted by molar-refractivity contribution is 7.16. The summed E-state index contributed by atoms with van der Waals surface area (Å²) < 4.78 is 13.8. The van der Waals surface area contributed by atoms with Crippen molar-refractivity contribution < 1.29 is 14.3 Å². The van der Waals surface area contributed by atoms with Crippen LogP contribution in [0.2, 0.25) is 5.02 Å². The zero-order valence-electron chi connectivity index (χ0n) is 15.2. The van der Waals surface area contributed by atoms with Crippen LogP contribution in [0, 0.1) is 0 Å². The van der Waals surface area contributed by atoms with Gasteiger partial charge in [0.25, 0.3) is 5.91 Å². The van der Waals surface area contributed by atoms with Gasteiger partial charge < -0.3 is 14.0 Å². The SMILES string of the molecule is CCn1c(=NC(=O)/C=C/c2ccccc2Cl)sc2c(OC)ccc(OC)c21. The maximum absolute atomic E-state index is 12.4. The van der Waals surface area contributed by atoms with Gasteiger partial charge in [0.1, 0.15) is 21.7 Å². The van der Waals surface area contributed by atoms with Gasteiger partial charge in [-0.3, -0.25) is 4.79 Å². The zero-order chi connectivity index (χ0) is 19.4. The summed E-state index contributed by atoms with van der Waals surface area (Å²) in [5, 5.41) is 0.585. The van der Waals surface area contributed by atoms with Crippen molar-refractivity contribution in [2.75, 3.05) is 14.2 Å². The highest BCUT2D eigenvalue weighted by Gasteiger charge is 2.15. The van der Waals surface area contributed by atoms with E-state index in [2.05, 4.69) is 4.99 Å². The number of aromatic nitrogens is 1. The van der Waals surface area contributed by atoms with Crippen LogP contribution in [-0.4, -0.2) is 24.7 Å². The fourth-order valence-electron chi connectivity index (χ4n) is 2.74. The van der Waals surface area contributed by atoms with E-state index in [1.165, 1.54) is 17.4 Å². The molecule has 3 aromatic rings. The summed E-state index contributed by atoms with van der Waals surface area (Å²) in [6.07, 6.45) is 3.08. The Kier molecular flexibility index (Phi) is 5.98. The Morgan fingerprint density at radius 2 is 1.89 bits per heavy atom. The Hall–Kier alpha value is -2.57. The van der Waals surface area contributed by atoms with Crippen LogP contribution in [0.15, 0.2) is 47.5 Å². The molecule has 140 valence electrons. The number of rotatable bonds is 5. The number of aryl methyl sites for hydroxylation is 1. The van der Waals surface area contributed by atoms with E-state index in [1.807, 2.05) is 41.8 Å². The third-order valence-corrected chi connectivity index (χ3v) is 5.46. The first-order chi connectivity index (χ1) is 13.1. The lowest BCUT2D eigenvalue weighted by molar-refractivity contribution is -0.113. The first kappa shape index (κ1) is 19.2. The molecule has 1 heterocycles. The molecule has 2 aromatic carbocycles. The third-order valence-electron chi connectivity index (χ3n) is 4.03. The molecule has 3 rings (SSSR count). The van der Waals surface area contributed by atoms with E-state index in [0.29, 0.717) is 22.1 Å². The van der Waals surface area contributed by atoms with Crippen molar-refractivity contribution in [1.82, 2.24) is 4.57 Å². The standard InChI is InChI=1S/C20H19ClN2O3S/c1-4-23-18-15(25-2)10-11-16(26-3)19(18)27-20(23)22-17(24)12-9-13-7-5-6-8-14(13)21/h5-12H,4H2,1-3H3/b12-9+,22-20?. The molecule has 0 saturated carbocycles. The quantitative estimate of drug-likeness (QED) is 0.589. The van der Waals surface area contributed by atoms with Crippen molar-refractivity contribution in [1.29, 1.82) is 0 Å². The summed E-state index contributed by atoms with van der Waals surface area (Å²) in [6, 6.07) is 11.0. The number of hydrogen-bond acceptors (Lipinski definition) is 4. The second-order valence-corrected chi connectivity index (χ2v) is 6.97. The van der Waals surface area contributed by atoms with E-state index >= 15 is 0 Å². The number of amides is 1. The molecule has 0 bridgehead atoms. The van der Waals surface area contributed by atoms with E-state index < -0.39 is 0 Å². The fourth-order valence-corrected chi connectivity index (χ4v) is 4.14. The minimum atomic E-state index is -0.360. The highest BCUT2D eigenvalue weighted by Crippen LogP contribution is 2.35. The molecule has 0 spiro atoms. The largest absolute Gasteiger partial charge is 0.495 e. The fraction of sp³-hybridized carbons (Fsp3) is 0.200. The predicted molar refractivity (Wildman–Crippen MR) is 110 cm³/mol. The number of fused-ring (bicyclic) bond motifs is 1. The van der Waals surface area contributed by atoms with Crippen LogP contribution in [-0.2, 0) is 11.3 Å². The molecule has 0 aliphatic heterocycles. The molecule has 0 fully saturated rings. The van der Waals surface area contributed by atoms with Crippen molar-refractivity contribution in [3.05, 3.63) is 57.9 Å². The van der Waals surface area contributed by atoms with Gasteiger partial charge in [0.15, 0.2) is 4.80 Å². The molecule has 0 aliphatic carbocycles. The maximum Gasteiger partial charge on any atom is 0.272 e. The molecule has 27 heavy (non-hydrogen) atoms. The molecule has 1 aromatic heterocycles. The van der Waals surface area contributed by atoms with Crippen LogP contribution < -0.4 is 14.3 Å². The van der Waals surface area contributed by atoms with E-state index in [1.54, 1.807) is 26.4 Å². The monoisotopic (exact) mass is 402 g/mol. The van der Waals surface area contributed by atoms with E-state index in [0.717, 1.165) is 21.5 Å². The average Bonchev–Trinajstić information content (AvgIpc) is 3.04. The molecule has 0 atom stereocenters. The van der Waals surface area contributed by atoms with Gasteiger partial charge >= 0.3 is 0 Å². The lowest BCUT2D eigenvalue weighted by Gasteiger charge is -2.08. The summed E-state index contributed by atoms with van der Waals surface area (Å²) in [6.45, 7) is 2.64. The predicted octanol–water partition coefficient (Wildman–Crippen LogP) is 4.53. The Labute approximate surface area is 166 Å². The number of hydrogen-bond donors (Lipinski definition) is 0. The van der Waals surface area contributed by atoms with Gasteiger partial charge in [-0.2, -0.15) is 4.99 Å². The first-order valence-electron chi connectivity index (χ1n) is 8.34. The zero-order valence-corrected chi connectivity index (χ0v) is 16.8. The average molecular weight is 403 g/mol. The number of benzene rings is 2. The van der Waals surface area contributed by atoms with Gasteiger partial charge in [-0.05, 0) is 36.8 Å². The van der Waals surface area contributed by atoms with Crippen molar-refractivity contribution >= 4 is 45.1 Å². The van der Waals surface area contributed by atoms with Crippen molar-refractivity contribution in [3.63, 3.8) is 0 Å². The summed E-state index contributed by atoms with van der Waals surface area (Å²) in [5.74, 6) is 1.07. The summed E-state index contributed by atoms with van der Waals surface area (Å²) in [7, 11) is 3.23. The minimum Gasteiger partial charge on any atom is -0.495 e. The Morgan fingerprint density at radius 1 is 1.19 bits per heavy atom. The van der Waals surface area contributed by atoms with Crippen LogP contribution in [0.3, 0.4) is 0 Å². The van der Waals surface area contributed by atoms with Gasteiger partial charge in [-0.15, -0.1) is 0 Å². The third kappa shape index (κ3) is 3.91. The van der Waals surface area contributed by atoms with Crippen LogP contribution in [0.1, 0.15) is 12.5 Å². The van der Waals surface area contributed by atoms with E-state index in [9.17, 15) is 4.79 Å². The molecule has 0 radical (unpaired) electrons. The topological polar surface area (TPSA) is 52.8 Å². The number of nitrogens with zero attached hydrogens (tertiary/aromatic N) is 2. The van der Waals surface area contributed by atoms with Crippen molar-refractivity contribution in [2.24, 2.45) is 4.99 Å². The molecule has 5 nitrogen and oxygen atoms in total. The highest BCUT2D eigenvalue weighted by atomic mass is 35.5. The number of ether oxygens (including phenoxy) is 2.